The smallest absolute Gasteiger partial charge is 0.250 e. The van der Waals surface area contributed by atoms with E-state index in [2.05, 4.69) is 18.6 Å². The zero-order chi connectivity index (χ0) is 14.8. The van der Waals surface area contributed by atoms with Gasteiger partial charge >= 0.3 is 0 Å². The van der Waals surface area contributed by atoms with E-state index >= 15 is 0 Å². The topological polar surface area (TPSA) is 72.2 Å². The maximum absolute atomic E-state index is 12.4. The number of nitrogens with two attached hydrogens (primary N) is 1. The van der Waals surface area contributed by atoms with Gasteiger partial charge in [-0.15, -0.1) is 11.3 Å². The Labute approximate surface area is 125 Å². The normalized spacial score (nSPS) is 27.6. The fraction of sp³-hybridized carbons (Fsp3) is 0.714. The molecule has 1 fully saturated rings. The van der Waals surface area contributed by atoms with Gasteiger partial charge in [-0.1, -0.05) is 13.8 Å². The standard InChI is InChI=1S/C14H24N2O2S2/c1-10-3-5-13(11(2)9-10)16-20(17,18)14-6-4-12(19-14)7-8-15/h4,6,10-11,13,16H,3,5,7-9,15H2,1-2H3. The van der Waals surface area contributed by atoms with Crippen LogP contribution in [-0.2, 0) is 16.4 Å². The molecule has 0 aliphatic heterocycles. The van der Waals surface area contributed by atoms with E-state index in [1.165, 1.54) is 11.3 Å². The molecule has 1 aromatic heterocycles. The lowest BCUT2D eigenvalue weighted by Gasteiger charge is -2.32. The van der Waals surface area contributed by atoms with Gasteiger partial charge < -0.3 is 5.73 Å². The van der Waals surface area contributed by atoms with Crippen molar-refractivity contribution in [3.8, 4) is 0 Å². The molecule has 1 heterocycles. The highest BCUT2D eigenvalue weighted by Gasteiger charge is 2.29. The van der Waals surface area contributed by atoms with Crippen LogP contribution in [-0.4, -0.2) is 21.0 Å². The summed E-state index contributed by atoms with van der Waals surface area (Å²) in [7, 11) is -3.38. The van der Waals surface area contributed by atoms with E-state index in [0.717, 1.165) is 30.6 Å². The Morgan fingerprint density at radius 1 is 1.35 bits per heavy atom. The van der Waals surface area contributed by atoms with Crippen LogP contribution in [0, 0.1) is 11.8 Å². The van der Waals surface area contributed by atoms with Crippen LogP contribution in [0.5, 0.6) is 0 Å². The van der Waals surface area contributed by atoms with Gasteiger partial charge in [0.25, 0.3) is 0 Å². The summed E-state index contributed by atoms with van der Waals surface area (Å²) in [5.74, 6) is 1.10. The lowest BCUT2D eigenvalue weighted by atomic mass is 9.80. The van der Waals surface area contributed by atoms with Crippen molar-refractivity contribution in [2.45, 2.75) is 49.8 Å². The molecule has 4 nitrogen and oxygen atoms in total. The molecule has 6 heteroatoms. The monoisotopic (exact) mass is 316 g/mol. The van der Waals surface area contributed by atoms with Gasteiger partial charge in [-0.25, -0.2) is 13.1 Å². The summed E-state index contributed by atoms with van der Waals surface area (Å²) in [5, 5.41) is 0. The summed E-state index contributed by atoms with van der Waals surface area (Å²) in [6.45, 7) is 4.92. The second-order valence-corrected chi connectivity index (χ2v) is 8.99. The maximum Gasteiger partial charge on any atom is 0.250 e. The van der Waals surface area contributed by atoms with Gasteiger partial charge in [0.2, 0.25) is 10.0 Å². The second kappa shape index (κ2) is 6.56. The third kappa shape index (κ3) is 3.81. The lowest BCUT2D eigenvalue weighted by Crippen LogP contribution is -2.42. The molecule has 0 bridgehead atoms. The molecule has 3 N–H and O–H groups in total. The Morgan fingerprint density at radius 2 is 2.10 bits per heavy atom. The minimum absolute atomic E-state index is 0.0660. The molecule has 114 valence electrons. The van der Waals surface area contributed by atoms with Gasteiger partial charge in [0, 0.05) is 10.9 Å². The number of thiophene rings is 1. The van der Waals surface area contributed by atoms with E-state index in [0.29, 0.717) is 22.6 Å². The SMILES string of the molecule is CC1CCC(NS(=O)(=O)c2ccc(CCN)s2)C(C)C1. The predicted molar refractivity (Wildman–Crippen MR) is 83.4 cm³/mol. The third-order valence-corrected chi connectivity index (χ3v) is 7.16. The summed E-state index contributed by atoms with van der Waals surface area (Å²) in [5.41, 5.74) is 5.50. The Bertz CT molecular complexity index is 539. The molecule has 1 aliphatic rings. The van der Waals surface area contributed by atoms with Crippen LogP contribution >= 0.6 is 11.3 Å². The summed E-state index contributed by atoms with van der Waals surface area (Å²) in [4.78, 5) is 1.03. The largest absolute Gasteiger partial charge is 0.330 e. The first-order valence-corrected chi connectivity index (χ1v) is 9.53. The summed E-state index contributed by atoms with van der Waals surface area (Å²) in [6.07, 6.45) is 3.86. The average molecular weight is 316 g/mol. The van der Waals surface area contributed by atoms with E-state index in [1.807, 2.05) is 6.07 Å². The van der Waals surface area contributed by atoms with Crippen LogP contribution in [0.2, 0.25) is 0 Å². The zero-order valence-electron chi connectivity index (χ0n) is 12.1. The molecule has 2 rings (SSSR count). The number of hydrogen-bond acceptors (Lipinski definition) is 4. The Balaban J connectivity index is 2.06. The van der Waals surface area contributed by atoms with Gasteiger partial charge in [0.05, 0.1) is 0 Å². The molecule has 0 aromatic carbocycles. The lowest BCUT2D eigenvalue weighted by molar-refractivity contribution is 0.249. The zero-order valence-corrected chi connectivity index (χ0v) is 13.8. The molecule has 0 amide bonds. The first-order chi connectivity index (χ1) is 9.42. The molecule has 0 spiro atoms. The van der Waals surface area contributed by atoms with Gasteiger partial charge in [-0.2, -0.15) is 0 Å². The van der Waals surface area contributed by atoms with E-state index in [4.69, 9.17) is 5.73 Å². The Kier molecular flexibility index (Phi) is 5.23. The van der Waals surface area contributed by atoms with Crippen LogP contribution in [0.1, 0.15) is 38.0 Å². The highest BCUT2D eigenvalue weighted by atomic mass is 32.2. The van der Waals surface area contributed by atoms with Crippen molar-refractivity contribution >= 4 is 21.4 Å². The van der Waals surface area contributed by atoms with Gasteiger partial charge in [-0.3, -0.25) is 0 Å². The number of nitrogens with one attached hydrogen (secondary N) is 1. The molecule has 20 heavy (non-hydrogen) atoms. The van der Waals surface area contributed by atoms with Crippen molar-refractivity contribution in [2.24, 2.45) is 17.6 Å². The first kappa shape index (κ1) is 15.9. The summed E-state index contributed by atoms with van der Waals surface area (Å²) >= 11 is 1.32. The number of sulfonamides is 1. The fourth-order valence-electron chi connectivity index (χ4n) is 2.88. The highest BCUT2D eigenvalue weighted by Crippen LogP contribution is 2.30. The first-order valence-electron chi connectivity index (χ1n) is 7.23. The minimum atomic E-state index is -3.38. The van der Waals surface area contributed by atoms with Gasteiger partial charge in [0.15, 0.2) is 0 Å². The van der Waals surface area contributed by atoms with Gasteiger partial charge in [-0.05, 0) is 56.2 Å². The molecule has 1 aliphatic carbocycles. The van der Waals surface area contributed by atoms with Crippen LogP contribution in [0.3, 0.4) is 0 Å². The predicted octanol–water partition coefficient (Wildman–Crippen LogP) is 2.35. The molecular formula is C14H24N2O2S2. The van der Waals surface area contributed by atoms with Crippen LogP contribution < -0.4 is 10.5 Å². The van der Waals surface area contributed by atoms with Gasteiger partial charge in [0.1, 0.15) is 4.21 Å². The van der Waals surface area contributed by atoms with E-state index in [1.54, 1.807) is 6.07 Å². The average Bonchev–Trinajstić information content (AvgIpc) is 2.83. The van der Waals surface area contributed by atoms with Crippen molar-refractivity contribution in [1.82, 2.24) is 4.72 Å². The van der Waals surface area contributed by atoms with Crippen molar-refractivity contribution < 1.29 is 8.42 Å². The Hall–Kier alpha value is -0.430. The second-order valence-electron chi connectivity index (χ2n) is 5.88. The third-order valence-electron chi connectivity index (χ3n) is 4.03. The number of hydrogen-bond donors (Lipinski definition) is 2. The fourth-order valence-corrected chi connectivity index (χ4v) is 5.64. The summed E-state index contributed by atoms with van der Waals surface area (Å²) in [6, 6.07) is 3.61. The van der Waals surface area contributed by atoms with Crippen LogP contribution in [0.15, 0.2) is 16.3 Å². The molecular weight excluding hydrogens is 292 g/mol. The highest BCUT2D eigenvalue weighted by molar-refractivity contribution is 7.91. The molecule has 3 unspecified atom stereocenters. The quantitative estimate of drug-likeness (QED) is 0.876. The van der Waals surface area contributed by atoms with Crippen LogP contribution in [0.4, 0.5) is 0 Å². The van der Waals surface area contributed by atoms with E-state index < -0.39 is 10.0 Å². The maximum atomic E-state index is 12.4. The minimum Gasteiger partial charge on any atom is -0.330 e. The Morgan fingerprint density at radius 3 is 2.75 bits per heavy atom. The molecule has 3 atom stereocenters. The van der Waals surface area contributed by atoms with E-state index in [9.17, 15) is 8.42 Å². The van der Waals surface area contributed by atoms with Crippen molar-refractivity contribution in [1.29, 1.82) is 0 Å². The van der Waals surface area contributed by atoms with Crippen molar-refractivity contribution in [3.05, 3.63) is 17.0 Å². The molecule has 1 aromatic rings. The van der Waals surface area contributed by atoms with Crippen molar-refractivity contribution in [3.63, 3.8) is 0 Å². The van der Waals surface area contributed by atoms with Crippen molar-refractivity contribution in [2.75, 3.05) is 6.54 Å². The molecule has 0 saturated heterocycles. The molecule has 0 radical (unpaired) electrons. The number of rotatable bonds is 5. The van der Waals surface area contributed by atoms with Crippen LogP contribution in [0.25, 0.3) is 0 Å². The molecule has 1 saturated carbocycles. The van der Waals surface area contributed by atoms with E-state index in [-0.39, 0.29) is 6.04 Å². The summed E-state index contributed by atoms with van der Waals surface area (Å²) < 4.78 is 28.1.